The maximum Gasteiger partial charge on any atom is 0.416 e. The van der Waals surface area contributed by atoms with Crippen LogP contribution in [0.3, 0.4) is 0 Å². The molecule has 0 fully saturated rings. The van der Waals surface area contributed by atoms with Crippen molar-refractivity contribution in [2.45, 2.75) is 26.1 Å². The van der Waals surface area contributed by atoms with Crippen molar-refractivity contribution in [2.24, 2.45) is 0 Å². The van der Waals surface area contributed by atoms with E-state index in [-0.39, 0.29) is 11.6 Å². The molecule has 6 nitrogen and oxygen atoms in total. The Labute approximate surface area is 130 Å². The quantitative estimate of drug-likeness (QED) is 0.934. The average molecular weight is 328 g/mol. The second kappa shape index (κ2) is 6.27. The Morgan fingerprint density at radius 1 is 1.30 bits per heavy atom. The first-order chi connectivity index (χ1) is 10.7. The van der Waals surface area contributed by atoms with Gasteiger partial charge in [0, 0.05) is 12.7 Å². The molecule has 2 rings (SSSR count). The third-order valence-corrected chi connectivity index (χ3v) is 3.27. The summed E-state index contributed by atoms with van der Waals surface area (Å²) in [7, 11) is 1.52. The number of hydrogen-bond donors (Lipinski definition) is 1. The Hall–Kier alpha value is -2.58. The highest BCUT2D eigenvalue weighted by molar-refractivity contribution is 5.89. The summed E-state index contributed by atoms with van der Waals surface area (Å²) in [5.74, 6) is 0.718. The van der Waals surface area contributed by atoms with Gasteiger partial charge in [0.2, 0.25) is 5.89 Å². The Bertz CT molecular complexity index is 682. The Morgan fingerprint density at radius 3 is 2.39 bits per heavy atom. The summed E-state index contributed by atoms with van der Waals surface area (Å²) in [6, 6.07) is 3.20. The number of rotatable bonds is 3. The molecule has 2 amide bonds. The Morgan fingerprint density at radius 2 is 1.91 bits per heavy atom. The number of alkyl halides is 3. The molecule has 0 saturated heterocycles. The van der Waals surface area contributed by atoms with E-state index in [2.05, 4.69) is 15.5 Å². The highest BCUT2D eigenvalue weighted by atomic mass is 19.4. The molecule has 124 valence electrons. The topological polar surface area (TPSA) is 71.3 Å². The van der Waals surface area contributed by atoms with E-state index in [1.807, 2.05) is 0 Å². The van der Waals surface area contributed by atoms with Gasteiger partial charge >= 0.3 is 12.2 Å². The number of amides is 2. The van der Waals surface area contributed by atoms with Crippen molar-refractivity contribution >= 4 is 11.7 Å². The minimum Gasteiger partial charge on any atom is -0.337 e. The molecule has 1 aromatic carbocycles. The number of nitrogens with one attached hydrogen (secondary N) is 1. The summed E-state index contributed by atoms with van der Waals surface area (Å²) in [6.07, 6.45) is -4.41. The van der Waals surface area contributed by atoms with Gasteiger partial charge in [0.1, 0.15) is 6.04 Å². The zero-order chi connectivity index (χ0) is 17.2. The smallest absolute Gasteiger partial charge is 0.337 e. The third kappa shape index (κ3) is 3.99. The number of benzene rings is 1. The van der Waals surface area contributed by atoms with E-state index < -0.39 is 23.8 Å². The molecule has 0 spiro atoms. The first kappa shape index (κ1) is 16.8. The molecule has 1 aromatic heterocycles. The lowest BCUT2D eigenvalue weighted by atomic mass is 10.2. The number of carbonyl (C=O) groups excluding carboxylic acids is 1. The van der Waals surface area contributed by atoms with E-state index in [9.17, 15) is 18.0 Å². The normalized spacial score (nSPS) is 12.8. The Balaban J connectivity index is 2.03. The molecular formula is C14H15F3N4O2. The summed E-state index contributed by atoms with van der Waals surface area (Å²) in [5, 5.41) is 6.15. The number of aryl methyl sites for hydroxylation is 1. The molecule has 1 heterocycles. The minimum absolute atomic E-state index is 0.253. The fraction of sp³-hybridized carbons (Fsp3) is 0.357. The number of hydrogen-bond acceptors (Lipinski definition) is 4. The first-order valence-electron chi connectivity index (χ1n) is 6.70. The van der Waals surface area contributed by atoms with Crippen LogP contribution in [0.4, 0.5) is 23.7 Å². The summed E-state index contributed by atoms with van der Waals surface area (Å²) in [6.45, 7) is 3.35. The van der Waals surface area contributed by atoms with E-state index in [1.165, 1.54) is 24.1 Å². The molecule has 0 bridgehead atoms. The van der Waals surface area contributed by atoms with Crippen LogP contribution in [0.25, 0.3) is 0 Å². The number of aromatic nitrogens is 2. The minimum atomic E-state index is -4.41. The van der Waals surface area contributed by atoms with E-state index in [1.54, 1.807) is 13.8 Å². The average Bonchev–Trinajstić information content (AvgIpc) is 2.92. The molecule has 2 aromatic rings. The lowest BCUT2D eigenvalue weighted by Gasteiger charge is -2.22. The van der Waals surface area contributed by atoms with Crippen molar-refractivity contribution in [1.29, 1.82) is 0 Å². The summed E-state index contributed by atoms with van der Waals surface area (Å²) in [5.41, 5.74) is -0.526. The zero-order valence-electron chi connectivity index (χ0n) is 12.7. The van der Waals surface area contributed by atoms with Crippen molar-refractivity contribution in [3.63, 3.8) is 0 Å². The lowest BCUT2D eigenvalue weighted by molar-refractivity contribution is -0.137. The molecule has 1 N–H and O–H groups in total. The van der Waals surface area contributed by atoms with Gasteiger partial charge in [-0.1, -0.05) is 5.16 Å². The second-order valence-electron chi connectivity index (χ2n) is 4.97. The van der Waals surface area contributed by atoms with E-state index in [4.69, 9.17) is 4.52 Å². The van der Waals surface area contributed by atoms with E-state index in [0.29, 0.717) is 5.82 Å². The van der Waals surface area contributed by atoms with Gasteiger partial charge in [0.05, 0.1) is 5.56 Å². The monoisotopic (exact) mass is 328 g/mol. The van der Waals surface area contributed by atoms with E-state index >= 15 is 0 Å². The molecule has 23 heavy (non-hydrogen) atoms. The van der Waals surface area contributed by atoms with Crippen LogP contribution in [0.5, 0.6) is 0 Å². The van der Waals surface area contributed by atoms with Gasteiger partial charge in [-0.25, -0.2) is 4.79 Å². The number of carbonyl (C=O) groups is 1. The van der Waals surface area contributed by atoms with Crippen molar-refractivity contribution in [3.8, 4) is 0 Å². The number of anilines is 1. The maximum absolute atomic E-state index is 12.5. The molecule has 0 radical (unpaired) electrons. The standard InChI is InChI=1S/C14H15F3N4O2/c1-8(12-18-9(2)20-23-12)21(3)13(22)19-11-6-4-10(5-7-11)14(15,16)17/h4-8H,1-3H3,(H,19,22). The van der Waals surface area contributed by atoms with Crippen LogP contribution in [-0.4, -0.2) is 28.1 Å². The van der Waals surface area contributed by atoms with E-state index in [0.717, 1.165) is 12.1 Å². The predicted octanol–water partition coefficient (Wildman–Crippen LogP) is 3.62. The maximum atomic E-state index is 12.5. The lowest BCUT2D eigenvalue weighted by Crippen LogP contribution is -2.33. The molecule has 9 heteroatoms. The molecule has 0 aliphatic rings. The van der Waals surface area contributed by atoms with Gasteiger partial charge in [0.25, 0.3) is 0 Å². The molecule has 0 aliphatic heterocycles. The van der Waals surface area contributed by atoms with Gasteiger partial charge in [-0.2, -0.15) is 18.2 Å². The highest BCUT2D eigenvalue weighted by Crippen LogP contribution is 2.30. The molecular weight excluding hydrogens is 313 g/mol. The molecule has 1 atom stereocenters. The fourth-order valence-electron chi connectivity index (χ4n) is 1.78. The number of urea groups is 1. The van der Waals surface area contributed by atoms with Gasteiger partial charge in [-0.3, -0.25) is 0 Å². The second-order valence-corrected chi connectivity index (χ2v) is 4.97. The SMILES string of the molecule is Cc1noc(C(C)N(C)C(=O)Nc2ccc(C(F)(F)F)cc2)n1. The predicted molar refractivity (Wildman–Crippen MR) is 75.7 cm³/mol. The van der Waals surface area contributed by atoms with Gasteiger partial charge in [0.15, 0.2) is 5.82 Å². The first-order valence-corrected chi connectivity index (χ1v) is 6.70. The number of nitrogens with zero attached hydrogens (tertiary/aromatic N) is 3. The highest BCUT2D eigenvalue weighted by Gasteiger charge is 2.30. The van der Waals surface area contributed by atoms with Crippen LogP contribution in [0, 0.1) is 6.92 Å². The third-order valence-electron chi connectivity index (χ3n) is 3.27. The molecule has 1 unspecified atom stereocenters. The van der Waals surface area contributed by atoms with Crippen molar-refractivity contribution < 1.29 is 22.5 Å². The van der Waals surface area contributed by atoms with Crippen LogP contribution in [0.15, 0.2) is 28.8 Å². The summed E-state index contributed by atoms with van der Waals surface area (Å²) >= 11 is 0. The van der Waals surface area contributed by atoms with Crippen molar-refractivity contribution in [3.05, 3.63) is 41.5 Å². The van der Waals surface area contributed by atoms with Crippen LogP contribution >= 0.6 is 0 Å². The number of halogens is 3. The Kier molecular flexibility index (Phi) is 4.57. The summed E-state index contributed by atoms with van der Waals surface area (Å²) in [4.78, 5) is 17.5. The molecule has 0 aliphatic carbocycles. The van der Waals surface area contributed by atoms with Crippen molar-refractivity contribution in [1.82, 2.24) is 15.0 Å². The summed E-state index contributed by atoms with van der Waals surface area (Å²) < 4.78 is 42.5. The zero-order valence-corrected chi connectivity index (χ0v) is 12.7. The van der Waals surface area contributed by atoms with Crippen molar-refractivity contribution in [2.75, 3.05) is 12.4 Å². The van der Waals surface area contributed by atoms with Crippen LogP contribution in [0.1, 0.15) is 30.2 Å². The largest absolute Gasteiger partial charge is 0.416 e. The van der Waals surface area contributed by atoms with Crippen LogP contribution in [0.2, 0.25) is 0 Å². The fourth-order valence-corrected chi connectivity index (χ4v) is 1.78. The molecule has 0 saturated carbocycles. The van der Waals surface area contributed by atoms with Gasteiger partial charge < -0.3 is 14.7 Å². The van der Waals surface area contributed by atoms with Crippen LogP contribution in [-0.2, 0) is 6.18 Å². The van der Waals surface area contributed by atoms with Gasteiger partial charge in [-0.15, -0.1) is 0 Å². The van der Waals surface area contributed by atoms with Crippen LogP contribution < -0.4 is 5.32 Å². The van der Waals surface area contributed by atoms with Gasteiger partial charge in [-0.05, 0) is 38.1 Å².